The molecule has 0 aliphatic heterocycles. The zero-order chi connectivity index (χ0) is 22.6. The second-order valence-electron chi connectivity index (χ2n) is 6.11. The molecule has 1 amide bonds. The average molecular weight is 499 g/mol. The summed E-state index contributed by atoms with van der Waals surface area (Å²) in [5, 5.41) is 3.01. The van der Waals surface area contributed by atoms with Crippen molar-refractivity contribution >= 4 is 44.3 Å². The molecule has 0 aliphatic rings. The minimum Gasteiger partial charge on any atom is -0.458 e. The number of esters is 1. The summed E-state index contributed by atoms with van der Waals surface area (Å²) in [4.78, 5) is 32.4. The fourth-order valence-corrected chi connectivity index (χ4v) is 3.06. The van der Waals surface area contributed by atoms with Gasteiger partial charge in [-0.3, -0.25) is 4.79 Å². The summed E-state index contributed by atoms with van der Waals surface area (Å²) in [7, 11) is 0. The highest BCUT2D eigenvalue weighted by molar-refractivity contribution is 9.10. The quantitative estimate of drug-likeness (QED) is 0.395. The SMILES string of the molecule is N/C=C(/C(=O)NCc1cc2cc(Br)cc(C(=O)OCC(F)(F)F)c2o1)c1ncccn1. The highest BCUT2D eigenvalue weighted by Gasteiger charge is 2.30. The summed E-state index contributed by atoms with van der Waals surface area (Å²) in [5.74, 6) is -1.38. The number of fused-ring (bicyclic) bond motifs is 1. The number of carbonyl (C=O) groups is 2. The zero-order valence-corrected chi connectivity index (χ0v) is 17.2. The molecule has 2 aromatic heterocycles. The Hall–Kier alpha value is -3.41. The third kappa shape index (κ3) is 5.60. The topological polar surface area (TPSA) is 120 Å². The number of carbonyl (C=O) groups excluding carboxylic acids is 2. The average Bonchev–Trinajstić information content (AvgIpc) is 3.13. The summed E-state index contributed by atoms with van der Waals surface area (Å²) in [6, 6.07) is 6.01. The Kier molecular flexibility index (Phi) is 6.59. The van der Waals surface area contributed by atoms with E-state index in [-0.39, 0.29) is 34.8 Å². The van der Waals surface area contributed by atoms with Gasteiger partial charge in [0, 0.05) is 28.5 Å². The summed E-state index contributed by atoms with van der Waals surface area (Å²) >= 11 is 3.19. The van der Waals surface area contributed by atoms with Crippen LogP contribution in [0.15, 0.2) is 51.7 Å². The number of amides is 1. The lowest BCUT2D eigenvalue weighted by Crippen LogP contribution is -2.25. The largest absolute Gasteiger partial charge is 0.458 e. The summed E-state index contributed by atoms with van der Waals surface area (Å²) < 4.78 is 47.4. The van der Waals surface area contributed by atoms with Crippen LogP contribution in [-0.2, 0) is 16.1 Å². The van der Waals surface area contributed by atoms with Crippen molar-refractivity contribution in [1.82, 2.24) is 15.3 Å². The minimum absolute atomic E-state index is 0.0283. The molecule has 0 spiro atoms. The molecule has 31 heavy (non-hydrogen) atoms. The van der Waals surface area contributed by atoms with E-state index in [4.69, 9.17) is 10.2 Å². The first-order valence-corrected chi connectivity index (χ1v) is 9.40. The number of furan rings is 1. The van der Waals surface area contributed by atoms with Crippen molar-refractivity contribution in [1.29, 1.82) is 0 Å². The number of aromatic nitrogens is 2. The molecule has 12 heteroatoms. The molecule has 0 bridgehead atoms. The number of ether oxygens (including phenoxy) is 1. The van der Waals surface area contributed by atoms with Crippen molar-refractivity contribution in [2.45, 2.75) is 12.7 Å². The van der Waals surface area contributed by atoms with Crippen LogP contribution in [0.2, 0.25) is 0 Å². The predicted octanol–water partition coefficient (Wildman–Crippen LogP) is 3.32. The van der Waals surface area contributed by atoms with Crippen LogP contribution in [0.1, 0.15) is 21.9 Å². The van der Waals surface area contributed by atoms with Crippen LogP contribution < -0.4 is 11.1 Å². The molecule has 0 radical (unpaired) electrons. The van der Waals surface area contributed by atoms with E-state index in [9.17, 15) is 22.8 Å². The van der Waals surface area contributed by atoms with E-state index in [1.807, 2.05) is 0 Å². The number of nitrogens with zero attached hydrogens (tertiary/aromatic N) is 2. The molecule has 3 N–H and O–H groups in total. The van der Waals surface area contributed by atoms with Gasteiger partial charge < -0.3 is 20.2 Å². The van der Waals surface area contributed by atoms with Gasteiger partial charge in [0.25, 0.3) is 5.91 Å². The number of nitrogens with one attached hydrogen (secondary N) is 1. The number of halogens is 4. The lowest BCUT2D eigenvalue weighted by molar-refractivity contribution is -0.161. The van der Waals surface area contributed by atoms with Crippen LogP contribution in [0.25, 0.3) is 16.5 Å². The Bertz CT molecular complexity index is 1150. The summed E-state index contributed by atoms with van der Waals surface area (Å²) in [6.07, 6.45) is -0.684. The van der Waals surface area contributed by atoms with Gasteiger partial charge in [0.15, 0.2) is 12.4 Å². The molecule has 0 fully saturated rings. The summed E-state index contributed by atoms with van der Waals surface area (Å²) in [6.45, 7) is -1.81. The first kappa shape index (κ1) is 22.3. The fourth-order valence-electron chi connectivity index (χ4n) is 2.59. The molecule has 162 valence electrons. The van der Waals surface area contributed by atoms with E-state index in [1.165, 1.54) is 24.5 Å². The molecule has 0 unspecified atom stereocenters. The van der Waals surface area contributed by atoms with Gasteiger partial charge in [-0.2, -0.15) is 13.2 Å². The molecule has 3 aromatic rings. The van der Waals surface area contributed by atoms with Gasteiger partial charge >= 0.3 is 12.1 Å². The molecule has 3 rings (SSSR count). The van der Waals surface area contributed by atoms with Crippen molar-refractivity contribution in [2.75, 3.05) is 6.61 Å². The van der Waals surface area contributed by atoms with Gasteiger partial charge in [0.2, 0.25) is 0 Å². The van der Waals surface area contributed by atoms with Gasteiger partial charge in [-0.15, -0.1) is 0 Å². The van der Waals surface area contributed by atoms with Crippen LogP contribution >= 0.6 is 15.9 Å². The van der Waals surface area contributed by atoms with Gasteiger partial charge in [-0.05, 0) is 24.3 Å². The lowest BCUT2D eigenvalue weighted by Gasteiger charge is -2.08. The van der Waals surface area contributed by atoms with Crippen molar-refractivity contribution < 1.29 is 31.9 Å². The number of nitrogens with two attached hydrogens (primary N) is 1. The van der Waals surface area contributed by atoms with E-state index < -0.39 is 24.7 Å². The minimum atomic E-state index is -4.66. The van der Waals surface area contributed by atoms with Gasteiger partial charge in [0.05, 0.1) is 12.1 Å². The molecule has 1 aromatic carbocycles. The van der Waals surface area contributed by atoms with Crippen molar-refractivity contribution in [3.8, 4) is 0 Å². The highest BCUT2D eigenvalue weighted by atomic mass is 79.9. The van der Waals surface area contributed by atoms with Crippen LogP contribution in [0, 0.1) is 0 Å². The van der Waals surface area contributed by atoms with E-state index in [2.05, 4.69) is 36.0 Å². The standard InChI is InChI=1S/C19H14BrF3N4O4/c20-11-4-10-5-12(8-27-17(28)14(7-24)16-25-2-1-3-26-16)31-15(10)13(6-11)18(29)30-9-19(21,22)23/h1-7H,8-9,24H2,(H,27,28)/b14-7+. The van der Waals surface area contributed by atoms with E-state index in [0.717, 1.165) is 6.20 Å². The van der Waals surface area contributed by atoms with Crippen molar-refractivity contribution in [2.24, 2.45) is 5.73 Å². The normalized spacial score (nSPS) is 12.1. The van der Waals surface area contributed by atoms with Crippen LogP contribution in [0.4, 0.5) is 13.2 Å². The zero-order valence-electron chi connectivity index (χ0n) is 15.6. The molecular formula is C19H14BrF3N4O4. The third-order valence-corrected chi connectivity index (χ3v) is 4.32. The molecule has 8 nitrogen and oxygen atoms in total. The maximum atomic E-state index is 12.4. The number of benzene rings is 1. The molecule has 0 saturated heterocycles. The Morgan fingerprint density at radius 3 is 2.58 bits per heavy atom. The lowest BCUT2D eigenvalue weighted by atomic mass is 10.1. The van der Waals surface area contributed by atoms with Crippen LogP contribution in [0.3, 0.4) is 0 Å². The molecular weight excluding hydrogens is 485 g/mol. The molecule has 0 atom stereocenters. The van der Waals surface area contributed by atoms with E-state index in [1.54, 1.807) is 12.1 Å². The molecule has 2 heterocycles. The van der Waals surface area contributed by atoms with Gasteiger partial charge in [-0.1, -0.05) is 15.9 Å². The van der Waals surface area contributed by atoms with Crippen molar-refractivity contribution in [3.63, 3.8) is 0 Å². The first-order chi connectivity index (χ1) is 14.7. The van der Waals surface area contributed by atoms with Gasteiger partial charge in [0.1, 0.15) is 16.9 Å². The number of hydrogen-bond donors (Lipinski definition) is 2. The van der Waals surface area contributed by atoms with E-state index in [0.29, 0.717) is 9.86 Å². The van der Waals surface area contributed by atoms with E-state index >= 15 is 0 Å². The Morgan fingerprint density at radius 2 is 1.94 bits per heavy atom. The second kappa shape index (κ2) is 9.16. The molecule has 0 saturated carbocycles. The van der Waals surface area contributed by atoms with Gasteiger partial charge in [-0.25, -0.2) is 14.8 Å². The predicted molar refractivity (Wildman–Crippen MR) is 106 cm³/mol. The fraction of sp³-hybridized carbons (Fsp3) is 0.158. The maximum Gasteiger partial charge on any atom is 0.422 e. The molecule has 0 aliphatic carbocycles. The van der Waals surface area contributed by atoms with Crippen LogP contribution in [-0.4, -0.2) is 34.6 Å². The Balaban J connectivity index is 1.78. The summed E-state index contributed by atoms with van der Waals surface area (Å²) in [5.41, 5.74) is 5.38. The Morgan fingerprint density at radius 1 is 1.23 bits per heavy atom. The maximum absolute atomic E-state index is 12.4. The number of rotatable bonds is 6. The third-order valence-electron chi connectivity index (χ3n) is 3.86. The number of alkyl halides is 3. The monoisotopic (exact) mass is 498 g/mol. The number of hydrogen-bond acceptors (Lipinski definition) is 7. The first-order valence-electron chi connectivity index (χ1n) is 8.61. The smallest absolute Gasteiger partial charge is 0.422 e. The Labute approximate surface area is 181 Å². The highest BCUT2D eigenvalue weighted by Crippen LogP contribution is 2.29. The van der Waals surface area contributed by atoms with Crippen LogP contribution in [0.5, 0.6) is 0 Å². The van der Waals surface area contributed by atoms with Crippen molar-refractivity contribution in [3.05, 3.63) is 64.5 Å². The second-order valence-corrected chi connectivity index (χ2v) is 7.03.